The van der Waals surface area contributed by atoms with E-state index >= 15 is 0 Å². The van der Waals surface area contributed by atoms with Crippen molar-refractivity contribution in [1.82, 2.24) is 3.71 Å². The lowest BCUT2D eigenvalue weighted by Gasteiger charge is -2.00. The maximum Gasteiger partial charge on any atom is 0.497 e. The predicted molar refractivity (Wildman–Crippen MR) is 48.4 cm³/mol. The molecule has 0 aliphatic rings. The summed E-state index contributed by atoms with van der Waals surface area (Å²) in [6, 6.07) is 5.27. The summed E-state index contributed by atoms with van der Waals surface area (Å²) in [6.07, 6.45) is 2.50. The molecule has 6 heteroatoms. The molecular formula is C6H7N2O2S2+. The Kier molecular flexibility index (Phi) is 3.24. The van der Waals surface area contributed by atoms with Gasteiger partial charge in [0.2, 0.25) is 12.4 Å². The van der Waals surface area contributed by atoms with E-state index in [0.717, 1.165) is 3.71 Å². The van der Waals surface area contributed by atoms with Crippen LogP contribution in [0.5, 0.6) is 0 Å². The summed E-state index contributed by atoms with van der Waals surface area (Å²) in [6.45, 7) is 0. The smallest absolute Gasteiger partial charge is 0.215 e. The highest BCUT2D eigenvalue weighted by Gasteiger charge is 2.13. The van der Waals surface area contributed by atoms with Crippen molar-refractivity contribution in [2.75, 3.05) is 0 Å². The molecule has 1 amide bonds. The zero-order valence-corrected chi connectivity index (χ0v) is 7.78. The van der Waals surface area contributed by atoms with Gasteiger partial charge in [0.25, 0.3) is 0 Å². The normalized spacial score (nSPS) is 9.17. The fourth-order valence-electron chi connectivity index (χ4n) is 0.570. The number of amides is 1. The first kappa shape index (κ1) is 9.21. The fourth-order valence-corrected chi connectivity index (χ4v) is 0.643. The van der Waals surface area contributed by atoms with Crippen LogP contribution >= 0.6 is 25.6 Å². The molecule has 0 radical (unpaired) electrons. The summed E-state index contributed by atoms with van der Waals surface area (Å²) in [4.78, 5) is 15.6. The largest absolute Gasteiger partial charge is 0.497 e. The zero-order valence-electron chi connectivity index (χ0n) is 5.99. The molecule has 0 saturated carbocycles. The van der Waals surface area contributed by atoms with Gasteiger partial charge in [-0.15, -0.1) is 0 Å². The quantitative estimate of drug-likeness (QED) is 0.515. The Morgan fingerprint density at radius 1 is 1.25 bits per heavy atom. The molecule has 0 N–H and O–H groups in total. The van der Waals surface area contributed by atoms with E-state index in [1.54, 1.807) is 24.5 Å². The molecule has 12 heavy (non-hydrogen) atoms. The Bertz CT molecular complexity index is 266. The number of carbonyl (C=O) groups excluding carboxylic acids is 1. The molecular weight excluding hydrogens is 196 g/mol. The van der Waals surface area contributed by atoms with E-state index in [9.17, 15) is 4.79 Å². The molecule has 0 aromatic carbocycles. The third-order valence-electron chi connectivity index (χ3n) is 1.04. The third kappa shape index (κ3) is 2.63. The summed E-state index contributed by atoms with van der Waals surface area (Å²) in [5.74, 6) is 0. The second kappa shape index (κ2) is 4.22. The number of rotatable bonds is 1. The minimum atomic E-state index is -0.669. The van der Waals surface area contributed by atoms with E-state index < -0.39 is 6.09 Å². The summed E-state index contributed by atoms with van der Waals surface area (Å²) in [5, 5.41) is 0. The first-order valence-corrected chi connectivity index (χ1v) is 3.86. The van der Waals surface area contributed by atoms with Gasteiger partial charge in [0.15, 0.2) is 0 Å². The SMILES string of the molecule is O=C(O[n+]1ccccc1)N(S)S. The Morgan fingerprint density at radius 3 is 2.33 bits per heavy atom. The molecule has 1 aromatic heterocycles. The molecule has 64 valence electrons. The predicted octanol–water partition coefficient (Wildman–Crippen LogP) is 0.514. The van der Waals surface area contributed by atoms with Crippen molar-refractivity contribution in [2.45, 2.75) is 0 Å². The molecule has 0 aliphatic heterocycles. The Hall–Kier alpha value is -0.880. The molecule has 1 aromatic rings. The highest BCUT2D eigenvalue weighted by molar-refractivity contribution is 7.94. The van der Waals surface area contributed by atoms with E-state index in [0.29, 0.717) is 0 Å². The van der Waals surface area contributed by atoms with Crippen molar-refractivity contribution in [2.24, 2.45) is 0 Å². The monoisotopic (exact) mass is 203 g/mol. The van der Waals surface area contributed by atoms with Crippen molar-refractivity contribution in [3.8, 4) is 0 Å². The second-order valence-corrected chi connectivity index (χ2v) is 3.00. The number of hydrogen-bond acceptors (Lipinski definition) is 4. The van der Waals surface area contributed by atoms with Crippen LogP contribution < -0.4 is 9.57 Å². The van der Waals surface area contributed by atoms with Gasteiger partial charge in [0.05, 0.1) is 0 Å². The minimum Gasteiger partial charge on any atom is -0.215 e. The molecule has 0 unspecified atom stereocenters. The molecule has 0 spiro atoms. The summed E-state index contributed by atoms with van der Waals surface area (Å²) in [7, 11) is 0. The van der Waals surface area contributed by atoms with Gasteiger partial charge in [-0.1, -0.05) is 6.07 Å². The lowest BCUT2D eigenvalue weighted by molar-refractivity contribution is -0.868. The molecule has 1 heterocycles. The van der Waals surface area contributed by atoms with Crippen LogP contribution in [0.2, 0.25) is 0 Å². The van der Waals surface area contributed by atoms with E-state index in [1.807, 2.05) is 6.07 Å². The Labute approximate surface area is 80.8 Å². The van der Waals surface area contributed by atoms with Crippen LogP contribution in [-0.2, 0) is 0 Å². The molecule has 0 fully saturated rings. The highest BCUT2D eigenvalue weighted by atomic mass is 32.2. The van der Waals surface area contributed by atoms with Gasteiger partial charge in [-0.3, -0.25) is 0 Å². The maximum absolute atomic E-state index is 10.8. The highest BCUT2D eigenvalue weighted by Crippen LogP contribution is 1.96. The van der Waals surface area contributed by atoms with Gasteiger partial charge in [0.1, 0.15) is 0 Å². The van der Waals surface area contributed by atoms with Crippen LogP contribution in [0.4, 0.5) is 4.79 Å². The topological polar surface area (TPSA) is 33.4 Å². The average molecular weight is 203 g/mol. The standard InChI is InChI=1S/C6H7N2O2S2/c9-6(8(11)12)10-7-4-2-1-3-5-7/h1-5,11-12H/q+1. The Balaban J connectivity index is 2.59. The van der Waals surface area contributed by atoms with Crippen molar-refractivity contribution in [3.63, 3.8) is 0 Å². The first-order chi connectivity index (χ1) is 5.70. The average Bonchev–Trinajstić information content (AvgIpc) is 2.06. The summed E-state index contributed by atoms with van der Waals surface area (Å²) in [5.41, 5.74) is 0. The zero-order chi connectivity index (χ0) is 8.97. The lowest BCUT2D eigenvalue weighted by atomic mass is 10.5. The van der Waals surface area contributed by atoms with Crippen LogP contribution in [0.25, 0.3) is 0 Å². The lowest BCUT2D eigenvalue weighted by Crippen LogP contribution is -2.46. The molecule has 4 nitrogen and oxygen atoms in total. The van der Waals surface area contributed by atoms with Crippen LogP contribution in [-0.4, -0.2) is 9.80 Å². The first-order valence-electron chi connectivity index (χ1n) is 3.06. The van der Waals surface area contributed by atoms with Crippen molar-refractivity contribution < 1.29 is 14.4 Å². The molecule has 1 rings (SSSR count). The van der Waals surface area contributed by atoms with Gasteiger partial charge in [0, 0.05) is 16.9 Å². The van der Waals surface area contributed by atoms with Gasteiger partial charge in [-0.2, -0.15) is 8.55 Å². The number of pyridine rings is 1. The van der Waals surface area contributed by atoms with E-state index in [2.05, 4.69) is 25.6 Å². The molecule has 0 atom stereocenters. The second-order valence-electron chi connectivity index (χ2n) is 1.88. The third-order valence-corrected chi connectivity index (χ3v) is 1.36. The van der Waals surface area contributed by atoms with Crippen molar-refractivity contribution in [1.29, 1.82) is 0 Å². The number of nitrogens with zero attached hydrogens (tertiary/aromatic N) is 2. The van der Waals surface area contributed by atoms with E-state index in [1.165, 1.54) is 4.73 Å². The van der Waals surface area contributed by atoms with Crippen LogP contribution in [0, 0.1) is 0 Å². The maximum atomic E-state index is 10.8. The molecule has 0 bridgehead atoms. The summed E-state index contributed by atoms with van der Waals surface area (Å²) >= 11 is 7.27. The molecule has 0 aliphatic carbocycles. The van der Waals surface area contributed by atoms with Crippen LogP contribution in [0.1, 0.15) is 0 Å². The van der Waals surface area contributed by atoms with Gasteiger partial charge in [-0.25, -0.2) is 4.79 Å². The summed E-state index contributed by atoms with van der Waals surface area (Å²) < 4.78 is 2.00. The van der Waals surface area contributed by atoms with Crippen LogP contribution in [0.3, 0.4) is 0 Å². The number of thiol groups is 2. The number of aromatic nitrogens is 1. The van der Waals surface area contributed by atoms with Crippen LogP contribution in [0.15, 0.2) is 30.6 Å². The van der Waals surface area contributed by atoms with Gasteiger partial charge in [-0.05, 0) is 25.6 Å². The van der Waals surface area contributed by atoms with Gasteiger partial charge < -0.3 is 0 Å². The van der Waals surface area contributed by atoms with E-state index in [-0.39, 0.29) is 0 Å². The molecule has 0 saturated heterocycles. The van der Waals surface area contributed by atoms with Crippen molar-refractivity contribution in [3.05, 3.63) is 30.6 Å². The van der Waals surface area contributed by atoms with Gasteiger partial charge >= 0.3 is 6.09 Å². The van der Waals surface area contributed by atoms with E-state index in [4.69, 9.17) is 4.84 Å². The number of hydrogen-bond donors (Lipinski definition) is 2. The number of carbonyl (C=O) groups is 1. The van der Waals surface area contributed by atoms with Crippen molar-refractivity contribution >= 4 is 31.7 Å². The fraction of sp³-hybridized carbons (Fsp3) is 0. The minimum absolute atomic E-state index is 0.669. The Morgan fingerprint density at radius 2 is 1.83 bits per heavy atom.